The molecule has 0 amide bonds. The molecule has 72 valence electrons. The first-order chi connectivity index (χ1) is 6.04. The van der Waals surface area contributed by atoms with Crippen LogP contribution >= 0.6 is 0 Å². The molecule has 0 aliphatic carbocycles. The highest BCUT2D eigenvalue weighted by molar-refractivity contribution is 7.90. The number of nitrogens with zero attached hydrogens (tertiary/aromatic N) is 2. The summed E-state index contributed by atoms with van der Waals surface area (Å²) >= 11 is 0. The highest BCUT2D eigenvalue weighted by atomic mass is 32.2. The maximum atomic E-state index is 11.1. The van der Waals surface area contributed by atoms with Gasteiger partial charge in [-0.2, -0.15) is 10.5 Å². The lowest BCUT2D eigenvalue weighted by Gasteiger charge is -2.05. The van der Waals surface area contributed by atoms with E-state index in [0.29, 0.717) is 12.8 Å². The summed E-state index contributed by atoms with van der Waals surface area (Å²) in [6.07, 6.45) is 0.775. The third-order valence-corrected chi connectivity index (χ3v) is 3.06. The second-order valence-electron chi connectivity index (χ2n) is 2.47. The van der Waals surface area contributed by atoms with Crippen molar-refractivity contribution in [1.29, 1.82) is 10.5 Å². The molecule has 0 rings (SSSR count). The predicted octanol–water partition coefficient (Wildman–Crippen LogP) is 0.122. The Morgan fingerprint density at radius 3 is 2.54 bits per heavy atom. The third kappa shape index (κ3) is 4.46. The van der Waals surface area contributed by atoms with Crippen molar-refractivity contribution >= 4 is 10.0 Å². The Balaban J connectivity index is 3.94. The Morgan fingerprint density at radius 2 is 2.08 bits per heavy atom. The summed E-state index contributed by atoms with van der Waals surface area (Å²) in [6.45, 7) is 1.52. The lowest BCUT2D eigenvalue weighted by molar-refractivity contribution is 0.575. The zero-order valence-corrected chi connectivity index (χ0v) is 8.13. The Hall–Kier alpha value is -1.11. The first kappa shape index (κ1) is 11.9. The SMILES string of the molecule is CC(C#N)S(=O)(=O)NCCCC#N. The topological polar surface area (TPSA) is 93.8 Å². The first-order valence-corrected chi connectivity index (χ1v) is 5.34. The van der Waals surface area contributed by atoms with E-state index in [1.54, 1.807) is 6.07 Å². The average Bonchev–Trinajstić information content (AvgIpc) is 2.11. The van der Waals surface area contributed by atoms with Gasteiger partial charge >= 0.3 is 0 Å². The van der Waals surface area contributed by atoms with E-state index in [9.17, 15) is 8.42 Å². The quantitative estimate of drug-likeness (QED) is 0.639. The van der Waals surface area contributed by atoms with Crippen LogP contribution in [0.2, 0.25) is 0 Å². The van der Waals surface area contributed by atoms with Gasteiger partial charge in [0.15, 0.2) is 5.25 Å². The van der Waals surface area contributed by atoms with Crippen LogP contribution in [0.1, 0.15) is 19.8 Å². The smallest absolute Gasteiger partial charge is 0.214 e. The molecule has 1 N–H and O–H groups in total. The Labute approximate surface area is 78.0 Å². The molecule has 0 fully saturated rings. The van der Waals surface area contributed by atoms with E-state index in [-0.39, 0.29) is 6.54 Å². The second-order valence-corrected chi connectivity index (χ2v) is 4.56. The molecular weight excluding hydrogens is 190 g/mol. The zero-order valence-electron chi connectivity index (χ0n) is 7.32. The molecule has 1 atom stereocenters. The fourth-order valence-electron chi connectivity index (χ4n) is 0.576. The van der Waals surface area contributed by atoms with Crippen molar-refractivity contribution in [1.82, 2.24) is 4.72 Å². The van der Waals surface area contributed by atoms with Crippen LogP contribution in [-0.2, 0) is 10.0 Å². The fraction of sp³-hybridized carbons (Fsp3) is 0.714. The molecule has 0 aromatic carbocycles. The Morgan fingerprint density at radius 1 is 1.46 bits per heavy atom. The van der Waals surface area contributed by atoms with E-state index in [1.165, 1.54) is 6.92 Å². The van der Waals surface area contributed by atoms with Gasteiger partial charge in [-0.3, -0.25) is 0 Å². The number of unbranched alkanes of at least 4 members (excludes halogenated alkanes) is 1. The van der Waals surface area contributed by atoms with Crippen molar-refractivity contribution in [2.75, 3.05) is 6.54 Å². The summed E-state index contributed by atoms with van der Waals surface area (Å²) in [6, 6.07) is 3.53. The second kappa shape index (κ2) is 5.52. The van der Waals surface area contributed by atoms with Crippen molar-refractivity contribution in [3.8, 4) is 12.1 Å². The molecule has 0 heterocycles. The van der Waals surface area contributed by atoms with Gasteiger partial charge in [0.2, 0.25) is 10.0 Å². The van der Waals surface area contributed by atoms with Crippen molar-refractivity contribution in [3.05, 3.63) is 0 Å². The van der Waals surface area contributed by atoms with E-state index in [1.807, 2.05) is 6.07 Å². The highest BCUT2D eigenvalue weighted by Gasteiger charge is 2.18. The summed E-state index contributed by atoms with van der Waals surface area (Å²) in [5.41, 5.74) is 0. The van der Waals surface area contributed by atoms with Gasteiger partial charge < -0.3 is 0 Å². The molecular formula is C7H11N3O2S. The van der Waals surface area contributed by atoms with Crippen LogP contribution in [0, 0.1) is 22.7 Å². The average molecular weight is 201 g/mol. The summed E-state index contributed by atoms with van der Waals surface area (Å²) < 4.78 is 24.5. The molecule has 0 aromatic rings. The lowest BCUT2D eigenvalue weighted by atomic mass is 10.3. The van der Waals surface area contributed by atoms with E-state index in [4.69, 9.17) is 10.5 Å². The lowest BCUT2D eigenvalue weighted by Crippen LogP contribution is -2.32. The molecule has 0 saturated carbocycles. The molecule has 0 saturated heterocycles. The van der Waals surface area contributed by atoms with Crippen LogP contribution < -0.4 is 4.72 Å². The van der Waals surface area contributed by atoms with Gasteiger partial charge in [0, 0.05) is 13.0 Å². The van der Waals surface area contributed by atoms with Crippen molar-refractivity contribution in [2.45, 2.75) is 25.0 Å². The van der Waals surface area contributed by atoms with Crippen molar-refractivity contribution in [2.24, 2.45) is 0 Å². The van der Waals surface area contributed by atoms with Gasteiger partial charge in [-0.15, -0.1) is 0 Å². The monoisotopic (exact) mass is 201 g/mol. The minimum Gasteiger partial charge on any atom is -0.214 e. The number of rotatable bonds is 5. The van der Waals surface area contributed by atoms with Gasteiger partial charge in [-0.25, -0.2) is 13.1 Å². The van der Waals surface area contributed by atoms with E-state index in [0.717, 1.165) is 0 Å². The standard InChI is InChI=1S/C7H11N3O2S/c1-7(6-9)13(11,12)10-5-3-2-4-8/h7,10H,2-3,5H2,1H3. The van der Waals surface area contributed by atoms with Gasteiger partial charge in [-0.05, 0) is 13.3 Å². The number of nitriles is 2. The summed E-state index contributed by atoms with van der Waals surface area (Å²) in [5, 5.41) is 15.5. The highest BCUT2D eigenvalue weighted by Crippen LogP contribution is 1.96. The Bertz CT molecular complexity index is 323. The summed E-state index contributed by atoms with van der Waals surface area (Å²) in [5.74, 6) is 0. The van der Waals surface area contributed by atoms with Crippen LogP contribution in [-0.4, -0.2) is 20.2 Å². The molecule has 6 heteroatoms. The van der Waals surface area contributed by atoms with Crippen LogP contribution in [0.5, 0.6) is 0 Å². The zero-order chi connectivity index (χ0) is 10.3. The molecule has 1 unspecified atom stereocenters. The number of hydrogen-bond acceptors (Lipinski definition) is 4. The van der Waals surface area contributed by atoms with Crippen molar-refractivity contribution in [3.63, 3.8) is 0 Å². The van der Waals surface area contributed by atoms with Crippen LogP contribution in [0.25, 0.3) is 0 Å². The largest absolute Gasteiger partial charge is 0.227 e. The van der Waals surface area contributed by atoms with E-state index >= 15 is 0 Å². The number of sulfonamides is 1. The maximum Gasteiger partial charge on any atom is 0.227 e. The summed E-state index contributed by atoms with van der Waals surface area (Å²) in [7, 11) is -3.51. The van der Waals surface area contributed by atoms with Crippen LogP contribution in [0.4, 0.5) is 0 Å². The van der Waals surface area contributed by atoms with Gasteiger partial charge in [-0.1, -0.05) is 0 Å². The minimum absolute atomic E-state index is 0.210. The maximum absolute atomic E-state index is 11.1. The molecule has 13 heavy (non-hydrogen) atoms. The molecule has 0 spiro atoms. The fourth-order valence-corrected chi connectivity index (χ4v) is 1.39. The Kier molecular flexibility index (Phi) is 5.05. The molecule has 0 bridgehead atoms. The predicted molar refractivity (Wildman–Crippen MR) is 46.8 cm³/mol. The van der Waals surface area contributed by atoms with Crippen LogP contribution in [0.15, 0.2) is 0 Å². The third-order valence-electron chi connectivity index (χ3n) is 1.42. The molecule has 5 nitrogen and oxygen atoms in total. The van der Waals surface area contributed by atoms with E-state index < -0.39 is 15.3 Å². The number of hydrogen-bond donors (Lipinski definition) is 1. The molecule has 0 aromatic heterocycles. The van der Waals surface area contributed by atoms with Gasteiger partial charge in [0.25, 0.3) is 0 Å². The van der Waals surface area contributed by atoms with Gasteiger partial charge in [0.05, 0.1) is 12.1 Å². The first-order valence-electron chi connectivity index (χ1n) is 3.79. The molecule has 0 aliphatic heterocycles. The minimum atomic E-state index is -3.51. The molecule has 0 aliphatic rings. The van der Waals surface area contributed by atoms with E-state index in [2.05, 4.69) is 4.72 Å². The molecule has 0 radical (unpaired) electrons. The normalized spacial score (nSPS) is 12.8. The number of nitrogens with one attached hydrogen (secondary N) is 1. The van der Waals surface area contributed by atoms with Crippen molar-refractivity contribution < 1.29 is 8.42 Å². The van der Waals surface area contributed by atoms with Crippen LogP contribution in [0.3, 0.4) is 0 Å². The summed E-state index contributed by atoms with van der Waals surface area (Å²) in [4.78, 5) is 0. The van der Waals surface area contributed by atoms with Gasteiger partial charge in [0.1, 0.15) is 0 Å².